The van der Waals surface area contributed by atoms with Gasteiger partial charge in [0.2, 0.25) is 0 Å². The lowest BCUT2D eigenvalue weighted by atomic mass is 9.90. The van der Waals surface area contributed by atoms with Gasteiger partial charge in [0.25, 0.3) is 10.0 Å². The Morgan fingerprint density at radius 3 is 2.52 bits per heavy atom. The van der Waals surface area contributed by atoms with Crippen molar-refractivity contribution in [1.82, 2.24) is 9.88 Å². The average molecular weight is 643 g/mol. The molecule has 1 N–H and O–H groups in total. The summed E-state index contributed by atoms with van der Waals surface area (Å²) in [6.45, 7) is 1.38. The van der Waals surface area contributed by atoms with E-state index >= 15 is 13.2 Å². The molecule has 44 heavy (non-hydrogen) atoms. The number of likely N-dealkylation sites (tertiary alicyclic amines) is 1. The molecule has 0 amide bonds. The number of nitrogens with zero attached hydrogens (tertiary/aromatic N) is 3. The fraction of sp³-hybridized carbons (Fsp3) is 0.344. The van der Waals surface area contributed by atoms with Crippen molar-refractivity contribution in [2.24, 2.45) is 5.92 Å². The first-order chi connectivity index (χ1) is 21.2. The van der Waals surface area contributed by atoms with Gasteiger partial charge in [0.05, 0.1) is 19.2 Å². The van der Waals surface area contributed by atoms with Crippen LogP contribution in [0.1, 0.15) is 42.4 Å². The number of thiazole rings is 1. The second-order valence-electron chi connectivity index (χ2n) is 11.3. The van der Waals surface area contributed by atoms with Crippen LogP contribution < -0.4 is 14.4 Å². The lowest BCUT2D eigenvalue weighted by Gasteiger charge is -2.25. The average Bonchev–Trinajstić information content (AvgIpc) is 3.62. The summed E-state index contributed by atoms with van der Waals surface area (Å²) < 4.78 is 79.6. The number of fused-ring (bicyclic) bond motifs is 2. The van der Waals surface area contributed by atoms with Crippen molar-refractivity contribution in [3.8, 4) is 5.75 Å². The van der Waals surface area contributed by atoms with E-state index in [4.69, 9.17) is 4.74 Å². The Bertz CT molecular complexity index is 1700. The second kappa shape index (κ2) is 12.8. The lowest BCUT2D eigenvalue weighted by molar-refractivity contribution is 0.236. The Morgan fingerprint density at radius 1 is 1.07 bits per heavy atom. The van der Waals surface area contributed by atoms with Crippen molar-refractivity contribution < 1.29 is 26.3 Å². The monoisotopic (exact) mass is 642 g/mol. The molecule has 7 nitrogen and oxygen atoms in total. The van der Waals surface area contributed by atoms with E-state index in [2.05, 4.69) is 15.2 Å². The van der Waals surface area contributed by atoms with Crippen molar-refractivity contribution in [3.05, 3.63) is 99.6 Å². The van der Waals surface area contributed by atoms with E-state index in [0.717, 1.165) is 46.3 Å². The Morgan fingerprint density at radius 2 is 1.84 bits per heavy atom. The third-order valence-corrected chi connectivity index (χ3v) is 10.9. The second-order valence-corrected chi connectivity index (χ2v) is 13.8. The minimum Gasteiger partial charge on any atom is -0.497 e. The van der Waals surface area contributed by atoms with Crippen LogP contribution in [0.25, 0.3) is 0 Å². The summed E-state index contributed by atoms with van der Waals surface area (Å²) in [5, 5.41) is 4.41. The van der Waals surface area contributed by atoms with Crippen molar-refractivity contribution in [1.29, 1.82) is 0 Å². The predicted molar refractivity (Wildman–Crippen MR) is 165 cm³/mol. The van der Waals surface area contributed by atoms with Crippen LogP contribution in [0.2, 0.25) is 0 Å². The molecule has 1 aromatic heterocycles. The van der Waals surface area contributed by atoms with Crippen LogP contribution in [0.4, 0.5) is 24.7 Å². The van der Waals surface area contributed by atoms with Crippen molar-refractivity contribution in [3.63, 3.8) is 0 Å². The molecule has 0 spiro atoms. The summed E-state index contributed by atoms with van der Waals surface area (Å²) in [5.41, 5.74) is 3.25. The molecule has 2 bridgehead atoms. The first kappa shape index (κ1) is 30.4. The largest absolute Gasteiger partial charge is 0.497 e. The van der Waals surface area contributed by atoms with Gasteiger partial charge in [0.1, 0.15) is 23.2 Å². The van der Waals surface area contributed by atoms with Crippen LogP contribution in [0.5, 0.6) is 5.75 Å². The highest BCUT2D eigenvalue weighted by Gasteiger charge is 2.35. The van der Waals surface area contributed by atoms with Crippen molar-refractivity contribution in [2.75, 3.05) is 23.3 Å². The normalized spacial score (nSPS) is 18.4. The SMILES string of the molecule is COc1ccc(CN(c2cscn2)S(=O)(=O)c2c(F)cc(NCc3c(F)cccc3CN3CC4CCCC3C4)cc2F)cc1. The Kier molecular flexibility index (Phi) is 8.84. The quantitative estimate of drug-likeness (QED) is 0.191. The van der Waals surface area contributed by atoms with Crippen molar-refractivity contribution >= 4 is 32.9 Å². The molecular formula is C32H33F3N4O3S2. The van der Waals surface area contributed by atoms with Crippen LogP contribution in [-0.2, 0) is 29.7 Å². The zero-order valence-electron chi connectivity index (χ0n) is 24.2. The van der Waals surface area contributed by atoms with E-state index in [1.165, 1.54) is 43.3 Å². The highest BCUT2D eigenvalue weighted by molar-refractivity contribution is 7.92. The van der Waals surface area contributed by atoms with Gasteiger partial charge in [0, 0.05) is 42.3 Å². The molecule has 12 heteroatoms. The zero-order valence-corrected chi connectivity index (χ0v) is 25.8. The molecule has 2 fully saturated rings. The van der Waals surface area contributed by atoms with Crippen LogP contribution in [-0.4, -0.2) is 38.0 Å². The maximum atomic E-state index is 15.5. The number of anilines is 2. The van der Waals surface area contributed by atoms with Gasteiger partial charge in [-0.1, -0.05) is 30.7 Å². The fourth-order valence-electron chi connectivity index (χ4n) is 6.33. The number of methoxy groups -OCH3 is 1. The summed E-state index contributed by atoms with van der Waals surface area (Å²) in [7, 11) is -3.20. The number of nitrogens with one attached hydrogen (secondary N) is 1. The van der Waals surface area contributed by atoms with Gasteiger partial charge < -0.3 is 10.1 Å². The Balaban J connectivity index is 1.23. The molecule has 1 saturated heterocycles. The topological polar surface area (TPSA) is 74.8 Å². The molecule has 1 aliphatic carbocycles. The fourth-order valence-corrected chi connectivity index (χ4v) is 8.43. The minimum atomic E-state index is -4.71. The zero-order chi connectivity index (χ0) is 30.8. The van der Waals surface area contributed by atoms with Crippen LogP contribution in [0, 0.1) is 23.4 Å². The van der Waals surface area contributed by atoms with Gasteiger partial charge in [-0.15, -0.1) is 11.3 Å². The number of hydrogen-bond donors (Lipinski definition) is 1. The molecule has 4 aromatic rings. The summed E-state index contributed by atoms with van der Waals surface area (Å²) in [5.74, 6) is -1.62. The molecule has 2 atom stereocenters. The smallest absolute Gasteiger partial charge is 0.271 e. The number of ether oxygens (including phenoxy) is 1. The van der Waals surface area contributed by atoms with Gasteiger partial charge in [-0.25, -0.2) is 30.9 Å². The molecular weight excluding hydrogens is 610 g/mol. The van der Waals surface area contributed by atoms with Gasteiger partial charge in [0.15, 0.2) is 10.7 Å². The van der Waals surface area contributed by atoms with E-state index in [1.807, 2.05) is 6.07 Å². The summed E-state index contributed by atoms with van der Waals surface area (Å²) in [6, 6.07) is 13.9. The number of aromatic nitrogens is 1. The van der Waals surface area contributed by atoms with Gasteiger partial charge in [-0.2, -0.15) is 0 Å². The molecule has 1 aliphatic heterocycles. The van der Waals surface area contributed by atoms with Gasteiger partial charge in [-0.05, 0) is 66.6 Å². The number of hydrogen-bond acceptors (Lipinski definition) is 7. The summed E-state index contributed by atoms with van der Waals surface area (Å²) >= 11 is 1.16. The third-order valence-electron chi connectivity index (χ3n) is 8.53. The number of benzene rings is 3. The standard InChI is InChI=1S/C32H33F3N4O3S2/c1-42-26-10-8-21(9-11-26)17-39(31-19-43-20-37-31)44(40,41)32-29(34)13-24(14-30(32)35)36-15-27-23(5-3-7-28(27)33)18-38-16-22-4-2-6-25(38)12-22/h3,5,7-11,13-14,19-20,22,25,36H,2,4,6,12,15-18H2,1H3. The molecule has 0 radical (unpaired) electrons. The maximum Gasteiger partial charge on any atom is 0.271 e. The van der Waals surface area contributed by atoms with E-state index in [1.54, 1.807) is 30.3 Å². The van der Waals surface area contributed by atoms with Crippen LogP contribution in [0.3, 0.4) is 0 Å². The first-order valence-corrected chi connectivity index (χ1v) is 16.9. The highest BCUT2D eigenvalue weighted by Crippen LogP contribution is 2.37. The third kappa shape index (κ3) is 6.29. The first-order valence-electron chi connectivity index (χ1n) is 14.5. The molecule has 232 valence electrons. The summed E-state index contributed by atoms with van der Waals surface area (Å²) in [4.78, 5) is 5.42. The van der Waals surface area contributed by atoms with Crippen LogP contribution in [0.15, 0.2) is 70.4 Å². The minimum absolute atomic E-state index is 0.000505. The molecule has 2 unspecified atom stereocenters. The van der Waals surface area contributed by atoms with Gasteiger partial charge >= 0.3 is 0 Å². The lowest BCUT2D eigenvalue weighted by Crippen LogP contribution is -2.32. The van der Waals surface area contributed by atoms with E-state index in [9.17, 15) is 8.42 Å². The number of sulfonamides is 1. The van der Waals surface area contributed by atoms with Crippen molar-refractivity contribution in [2.45, 2.75) is 56.3 Å². The molecule has 1 saturated carbocycles. The van der Waals surface area contributed by atoms with Gasteiger partial charge in [-0.3, -0.25) is 4.90 Å². The molecule has 2 heterocycles. The number of halogens is 3. The van der Waals surface area contributed by atoms with E-state index in [-0.39, 0.29) is 24.6 Å². The maximum absolute atomic E-state index is 15.5. The summed E-state index contributed by atoms with van der Waals surface area (Å²) in [6.07, 6.45) is 4.77. The predicted octanol–water partition coefficient (Wildman–Crippen LogP) is 6.95. The van der Waals surface area contributed by atoms with E-state index < -0.39 is 32.4 Å². The molecule has 3 aromatic carbocycles. The highest BCUT2D eigenvalue weighted by atomic mass is 32.2. The Labute approximate surface area is 259 Å². The Hall–Kier alpha value is -3.61. The van der Waals surface area contributed by atoms with Crippen LogP contribution >= 0.6 is 11.3 Å². The molecule has 2 aliphatic rings. The van der Waals surface area contributed by atoms with E-state index in [0.29, 0.717) is 35.4 Å². The molecule has 6 rings (SSSR count). The number of rotatable bonds is 11.